The zero-order chi connectivity index (χ0) is 19.5. The van der Waals surface area contributed by atoms with E-state index in [-0.39, 0.29) is 17.7 Å². The van der Waals surface area contributed by atoms with Gasteiger partial charge < -0.3 is 15.0 Å². The average molecular weight is 384 g/mol. The molecular weight excluding hydrogens is 360 g/mol. The fourth-order valence-electron chi connectivity index (χ4n) is 3.41. The standard InChI is InChI=1S/C19H24N6O3/c1-13(28-17-8-6-16(7-9-17)25-12-20-22-23-25)19(27)24-10-2-3-14(11-24)18(26)21-15-4-5-15/h6-9,12-15H,2-5,10-11H2,1H3,(H,21,26)/t13-,14-/m0/s1. The molecule has 0 unspecified atom stereocenters. The SMILES string of the molecule is C[C@H](Oc1ccc(-n2cnnn2)cc1)C(=O)N1CCC[C@H](C(=O)NC2CC2)C1. The van der Waals surface area contributed by atoms with Gasteiger partial charge in [0.25, 0.3) is 5.91 Å². The molecule has 9 nitrogen and oxygen atoms in total. The fourth-order valence-corrected chi connectivity index (χ4v) is 3.41. The second kappa shape index (κ2) is 7.95. The lowest BCUT2D eigenvalue weighted by Gasteiger charge is -2.33. The molecule has 2 atom stereocenters. The van der Waals surface area contributed by atoms with Gasteiger partial charge in [-0.1, -0.05) is 0 Å². The van der Waals surface area contributed by atoms with Gasteiger partial charge in [0.05, 0.1) is 11.6 Å². The Morgan fingerprint density at radius 2 is 2.00 bits per heavy atom. The molecule has 2 fully saturated rings. The van der Waals surface area contributed by atoms with Crippen LogP contribution in [0.3, 0.4) is 0 Å². The highest BCUT2D eigenvalue weighted by atomic mass is 16.5. The molecule has 1 N–H and O–H groups in total. The first-order valence-corrected chi connectivity index (χ1v) is 9.69. The van der Waals surface area contributed by atoms with Crippen LogP contribution in [-0.4, -0.2) is 62.2 Å². The van der Waals surface area contributed by atoms with Crippen molar-refractivity contribution in [2.24, 2.45) is 5.92 Å². The summed E-state index contributed by atoms with van der Waals surface area (Å²) in [6.45, 7) is 2.87. The van der Waals surface area contributed by atoms with Crippen LogP contribution in [0.2, 0.25) is 0 Å². The van der Waals surface area contributed by atoms with Crippen molar-refractivity contribution >= 4 is 11.8 Å². The van der Waals surface area contributed by atoms with E-state index in [9.17, 15) is 9.59 Å². The normalized spacial score (nSPS) is 20.5. The maximum absolute atomic E-state index is 12.8. The summed E-state index contributed by atoms with van der Waals surface area (Å²) in [5.41, 5.74) is 0.803. The van der Waals surface area contributed by atoms with E-state index in [0.29, 0.717) is 24.9 Å². The van der Waals surface area contributed by atoms with E-state index in [1.165, 1.54) is 6.33 Å². The van der Waals surface area contributed by atoms with Gasteiger partial charge in [-0.3, -0.25) is 9.59 Å². The first kappa shape index (κ1) is 18.4. The molecule has 0 spiro atoms. The smallest absolute Gasteiger partial charge is 0.263 e. The molecular formula is C19H24N6O3. The number of nitrogens with one attached hydrogen (secondary N) is 1. The highest BCUT2D eigenvalue weighted by molar-refractivity contribution is 5.83. The minimum Gasteiger partial charge on any atom is -0.481 e. The van der Waals surface area contributed by atoms with Crippen molar-refractivity contribution in [3.05, 3.63) is 30.6 Å². The van der Waals surface area contributed by atoms with E-state index >= 15 is 0 Å². The highest BCUT2D eigenvalue weighted by Gasteiger charge is 2.33. The molecule has 148 valence electrons. The van der Waals surface area contributed by atoms with Crippen LogP contribution in [0.5, 0.6) is 5.75 Å². The van der Waals surface area contributed by atoms with Gasteiger partial charge in [0.15, 0.2) is 6.10 Å². The van der Waals surface area contributed by atoms with Gasteiger partial charge in [-0.05, 0) is 67.3 Å². The van der Waals surface area contributed by atoms with Crippen LogP contribution in [-0.2, 0) is 9.59 Å². The highest BCUT2D eigenvalue weighted by Crippen LogP contribution is 2.23. The molecule has 0 bridgehead atoms. The Morgan fingerprint density at radius 1 is 1.21 bits per heavy atom. The van der Waals surface area contributed by atoms with Crippen LogP contribution in [0.1, 0.15) is 32.6 Å². The zero-order valence-corrected chi connectivity index (χ0v) is 15.8. The second-order valence-electron chi connectivity index (χ2n) is 7.41. The third-order valence-electron chi connectivity index (χ3n) is 5.14. The average Bonchev–Trinajstić information content (AvgIpc) is 3.36. The van der Waals surface area contributed by atoms with E-state index in [1.54, 1.807) is 28.6 Å². The largest absolute Gasteiger partial charge is 0.481 e. The lowest BCUT2D eigenvalue weighted by molar-refractivity contribution is -0.141. The molecule has 9 heteroatoms. The van der Waals surface area contributed by atoms with Gasteiger partial charge in [0, 0.05) is 19.1 Å². The summed E-state index contributed by atoms with van der Waals surface area (Å²) in [6, 6.07) is 7.55. The first-order chi connectivity index (χ1) is 13.6. The second-order valence-corrected chi connectivity index (χ2v) is 7.41. The van der Waals surface area contributed by atoms with Crippen LogP contribution in [0.25, 0.3) is 5.69 Å². The maximum atomic E-state index is 12.8. The summed E-state index contributed by atoms with van der Waals surface area (Å²) in [4.78, 5) is 26.9. The number of likely N-dealkylation sites (tertiary alicyclic amines) is 1. The predicted octanol–water partition coefficient (Wildman–Crippen LogP) is 0.947. The quantitative estimate of drug-likeness (QED) is 0.795. The summed E-state index contributed by atoms with van der Waals surface area (Å²) in [6.07, 6.45) is 4.69. The van der Waals surface area contributed by atoms with Crippen molar-refractivity contribution in [2.75, 3.05) is 13.1 Å². The monoisotopic (exact) mass is 384 g/mol. The summed E-state index contributed by atoms with van der Waals surface area (Å²) in [5, 5.41) is 14.1. The maximum Gasteiger partial charge on any atom is 0.263 e. The molecule has 1 saturated heterocycles. The lowest BCUT2D eigenvalue weighted by atomic mass is 9.96. The number of amides is 2. The molecule has 2 aromatic rings. The van der Waals surface area contributed by atoms with Crippen molar-refractivity contribution in [3.63, 3.8) is 0 Å². The number of hydrogen-bond acceptors (Lipinski definition) is 6. The van der Waals surface area contributed by atoms with Crippen molar-refractivity contribution < 1.29 is 14.3 Å². The van der Waals surface area contributed by atoms with Crippen LogP contribution >= 0.6 is 0 Å². The number of carbonyl (C=O) groups is 2. The lowest BCUT2D eigenvalue weighted by Crippen LogP contribution is -2.49. The Balaban J connectivity index is 1.32. The van der Waals surface area contributed by atoms with E-state index in [1.807, 2.05) is 12.1 Å². The number of hydrogen-bond donors (Lipinski definition) is 1. The van der Waals surface area contributed by atoms with Crippen LogP contribution in [0.15, 0.2) is 30.6 Å². The Kier molecular flexibility index (Phi) is 5.23. The number of ether oxygens (including phenoxy) is 1. The minimum atomic E-state index is -0.621. The van der Waals surface area contributed by atoms with Gasteiger partial charge in [0.2, 0.25) is 5.91 Å². The third kappa shape index (κ3) is 4.29. The summed E-state index contributed by atoms with van der Waals surface area (Å²) in [7, 11) is 0. The van der Waals surface area contributed by atoms with Crippen LogP contribution < -0.4 is 10.1 Å². The number of benzene rings is 1. The fraction of sp³-hybridized carbons (Fsp3) is 0.526. The summed E-state index contributed by atoms with van der Waals surface area (Å²) in [5.74, 6) is 0.457. The van der Waals surface area contributed by atoms with Gasteiger partial charge in [-0.25, -0.2) is 4.68 Å². The van der Waals surface area contributed by atoms with Crippen molar-refractivity contribution in [1.29, 1.82) is 0 Å². The zero-order valence-electron chi connectivity index (χ0n) is 15.8. The van der Waals surface area contributed by atoms with E-state index < -0.39 is 6.10 Å². The predicted molar refractivity (Wildman–Crippen MR) is 99.7 cm³/mol. The van der Waals surface area contributed by atoms with Gasteiger partial charge in [-0.15, -0.1) is 5.10 Å². The van der Waals surface area contributed by atoms with E-state index in [4.69, 9.17) is 4.74 Å². The number of nitrogens with zero attached hydrogens (tertiary/aromatic N) is 5. The van der Waals surface area contributed by atoms with Gasteiger partial charge in [-0.2, -0.15) is 0 Å². The van der Waals surface area contributed by atoms with E-state index in [0.717, 1.165) is 31.4 Å². The number of rotatable bonds is 6. The third-order valence-corrected chi connectivity index (χ3v) is 5.14. The Hall–Kier alpha value is -2.97. The van der Waals surface area contributed by atoms with Gasteiger partial charge >= 0.3 is 0 Å². The number of carbonyl (C=O) groups excluding carboxylic acids is 2. The van der Waals surface area contributed by atoms with Crippen molar-refractivity contribution in [2.45, 2.75) is 44.8 Å². The minimum absolute atomic E-state index is 0.0757. The Bertz CT molecular complexity index is 819. The van der Waals surface area contributed by atoms with Gasteiger partial charge in [0.1, 0.15) is 12.1 Å². The molecule has 2 aliphatic rings. The van der Waals surface area contributed by atoms with Crippen LogP contribution in [0.4, 0.5) is 0 Å². The number of aromatic nitrogens is 4. The molecule has 2 heterocycles. The molecule has 1 aromatic carbocycles. The molecule has 2 amide bonds. The van der Waals surface area contributed by atoms with Crippen molar-refractivity contribution in [3.8, 4) is 11.4 Å². The molecule has 0 radical (unpaired) electrons. The topological polar surface area (TPSA) is 102 Å². The Labute approximate surface area is 163 Å². The molecule has 1 aliphatic carbocycles. The van der Waals surface area contributed by atoms with Crippen molar-refractivity contribution in [1.82, 2.24) is 30.4 Å². The van der Waals surface area contributed by atoms with Crippen LogP contribution in [0, 0.1) is 5.92 Å². The molecule has 1 aromatic heterocycles. The Morgan fingerprint density at radius 3 is 2.68 bits per heavy atom. The molecule has 4 rings (SSSR count). The first-order valence-electron chi connectivity index (χ1n) is 9.69. The molecule has 1 aliphatic heterocycles. The summed E-state index contributed by atoms with van der Waals surface area (Å²) >= 11 is 0. The van der Waals surface area contributed by atoms with E-state index in [2.05, 4.69) is 20.8 Å². The summed E-state index contributed by atoms with van der Waals surface area (Å²) < 4.78 is 7.36. The molecule has 28 heavy (non-hydrogen) atoms. The molecule has 1 saturated carbocycles. The number of tetrazole rings is 1. The number of piperidine rings is 1.